The summed E-state index contributed by atoms with van der Waals surface area (Å²) in [4.78, 5) is 15.9. The van der Waals surface area contributed by atoms with Crippen molar-refractivity contribution in [2.24, 2.45) is 0 Å². The lowest BCUT2D eigenvalue weighted by Crippen LogP contribution is -2.26. The van der Waals surface area contributed by atoms with Gasteiger partial charge in [-0.05, 0) is 36.8 Å². The summed E-state index contributed by atoms with van der Waals surface area (Å²) in [6, 6.07) is 10.1. The maximum absolute atomic E-state index is 12.1. The fraction of sp³-hybridized carbons (Fsp3) is 0.143. The van der Waals surface area contributed by atoms with Gasteiger partial charge in [-0.1, -0.05) is 46.9 Å². The van der Waals surface area contributed by atoms with E-state index in [0.29, 0.717) is 10.6 Å². The highest BCUT2D eigenvalue weighted by Crippen LogP contribution is 2.18. The van der Waals surface area contributed by atoms with Gasteiger partial charge >= 0.3 is 0 Å². The fourth-order valence-electron chi connectivity index (χ4n) is 1.71. The number of hydrogen-bond donors (Lipinski definition) is 1. The molecule has 0 radical (unpaired) electrons. The Balaban J connectivity index is 2.12. The molecule has 20 heavy (non-hydrogen) atoms. The lowest BCUT2D eigenvalue weighted by Gasteiger charge is -2.14. The van der Waals surface area contributed by atoms with Crippen LogP contribution in [0, 0.1) is 0 Å². The van der Waals surface area contributed by atoms with E-state index in [-0.39, 0.29) is 22.3 Å². The molecule has 0 saturated carbocycles. The number of nitrogens with one attached hydrogen (secondary N) is 1. The standard InChI is InChI=1S/C14H11Cl3N2O/c1-8(9-2-4-11(15)5-3-9)18-14(20)10-6-12(16)19-13(17)7-10/h2-8H,1H3,(H,18,20). The molecule has 2 aromatic rings. The van der Waals surface area contributed by atoms with Gasteiger partial charge in [-0.15, -0.1) is 0 Å². The molecule has 0 fully saturated rings. The van der Waals surface area contributed by atoms with Crippen LogP contribution >= 0.6 is 34.8 Å². The van der Waals surface area contributed by atoms with E-state index in [9.17, 15) is 4.79 Å². The zero-order valence-corrected chi connectivity index (χ0v) is 12.8. The van der Waals surface area contributed by atoms with E-state index in [1.807, 2.05) is 19.1 Å². The highest BCUT2D eigenvalue weighted by molar-refractivity contribution is 6.33. The van der Waals surface area contributed by atoms with Crippen LogP contribution in [-0.4, -0.2) is 10.9 Å². The second kappa shape index (κ2) is 6.44. The molecule has 1 amide bonds. The first-order valence-corrected chi connectivity index (χ1v) is 6.98. The summed E-state index contributed by atoms with van der Waals surface area (Å²) in [6.45, 7) is 1.88. The summed E-state index contributed by atoms with van der Waals surface area (Å²) in [6.07, 6.45) is 0. The van der Waals surface area contributed by atoms with Crippen LogP contribution in [0.1, 0.15) is 28.9 Å². The number of halogens is 3. The number of aromatic nitrogens is 1. The largest absolute Gasteiger partial charge is 0.346 e. The van der Waals surface area contributed by atoms with Gasteiger partial charge in [-0.25, -0.2) is 4.98 Å². The van der Waals surface area contributed by atoms with Crippen molar-refractivity contribution in [2.45, 2.75) is 13.0 Å². The third-order valence-corrected chi connectivity index (χ3v) is 3.38. The van der Waals surface area contributed by atoms with E-state index >= 15 is 0 Å². The third-order valence-electron chi connectivity index (χ3n) is 2.74. The van der Waals surface area contributed by atoms with Gasteiger partial charge in [0.25, 0.3) is 5.91 Å². The molecule has 0 aliphatic heterocycles. The molecule has 0 spiro atoms. The Morgan fingerprint density at radius 3 is 2.20 bits per heavy atom. The molecule has 1 aromatic carbocycles. The molecule has 3 nitrogen and oxygen atoms in total. The Labute approximate surface area is 131 Å². The average molecular weight is 330 g/mol. The molecule has 1 N–H and O–H groups in total. The van der Waals surface area contributed by atoms with Crippen molar-refractivity contribution < 1.29 is 4.79 Å². The zero-order valence-electron chi connectivity index (χ0n) is 10.5. The van der Waals surface area contributed by atoms with Crippen molar-refractivity contribution in [3.63, 3.8) is 0 Å². The van der Waals surface area contributed by atoms with E-state index in [4.69, 9.17) is 34.8 Å². The summed E-state index contributed by atoms with van der Waals surface area (Å²) in [5.41, 5.74) is 1.32. The first-order chi connectivity index (χ1) is 9.45. The first-order valence-electron chi connectivity index (χ1n) is 5.85. The Bertz CT molecular complexity index is 609. The lowest BCUT2D eigenvalue weighted by molar-refractivity contribution is 0.0940. The topological polar surface area (TPSA) is 42.0 Å². The Morgan fingerprint density at radius 1 is 1.10 bits per heavy atom. The number of benzene rings is 1. The number of pyridine rings is 1. The maximum atomic E-state index is 12.1. The number of rotatable bonds is 3. The molecule has 104 valence electrons. The molecule has 1 atom stereocenters. The van der Waals surface area contributed by atoms with Crippen LogP contribution in [0.5, 0.6) is 0 Å². The molecule has 0 aliphatic rings. The van der Waals surface area contributed by atoms with Gasteiger partial charge in [0.15, 0.2) is 0 Å². The molecule has 6 heteroatoms. The predicted molar refractivity (Wildman–Crippen MR) is 81.6 cm³/mol. The predicted octanol–water partition coefficient (Wildman–Crippen LogP) is 4.53. The number of amides is 1. The number of nitrogens with zero attached hydrogens (tertiary/aromatic N) is 1. The number of carbonyl (C=O) groups excluding carboxylic acids is 1. The highest BCUT2D eigenvalue weighted by atomic mass is 35.5. The minimum atomic E-state index is -0.265. The van der Waals surface area contributed by atoms with Crippen molar-refractivity contribution in [1.29, 1.82) is 0 Å². The maximum Gasteiger partial charge on any atom is 0.251 e. The van der Waals surface area contributed by atoms with Crippen molar-refractivity contribution in [3.8, 4) is 0 Å². The summed E-state index contributed by atoms with van der Waals surface area (Å²) < 4.78 is 0. The smallest absolute Gasteiger partial charge is 0.251 e. The van der Waals surface area contributed by atoms with E-state index < -0.39 is 0 Å². The summed E-state index contributed by atoms with van der Waals surface area (Å²) in [7, 11) is 0. The average Bonchev–Trinajstić information content (AvgIpc) is 2.38. The normalized spacial score (nSPS) is 12.0. The minimum absolute atomic E-state index is 0.162. The van der Waals surface area contributed by atoms with Gasteiger partial charge in [0.2, 0.25) is 0 Å². The van der Waals surface area contributed by atoms with Gasteiger partial charge < -0.3 is 5.32 Å². The molecule has 2 rings (SSSR count). The third kappa shape index (κ3) is 3.85. The molecule has 0 bridgehead atoms. The van der Waals surface area contributed by atoms with Crippen LogP contribution in [0.4, 0.5) is 0 Å². The van der Waals surface area contributed by atoms with Crippen LogP contribution < -0.4 is 5.32 Å². The molecule has 0 saturated heterocycles. The summed E-state index contributed by atoms with van der Waals surface area (Å²) in [5.74, 6) is -0.265. The van der Waals surface area contributed by atoms with E-state index in [0.717, 1.165) is 5.56 Å². The van der Waals surface area contributed by atoms with Crippen LogP contribution in [0.2, 0.25) is 15.3 Å². The van der Waals surface area contributed by atoms with Crippen molar-refractivity contribution in [2.75, 3.05) is 0 Å². The second-order valence-corrected chi connectivity index (χ2v) is 5.46. The number of hydrogen-bond acceptors (Lipinski definition) is 2. The van der Waals surface area contributed by atoms with Gasteiger partial charge in [0.1, 0.15) is 10.3 Å². The van der Waals surface area contributed by atoms with Gasteiger partial charge in [0.05, 0.1) is 6.04 Å². The molecular weight excluding hydrogens is 319 g/mol. The minimum Gasteiger partial charge on any atom is -0.346 e. The fourth-order valence-corrected chi connectivity index (χ4v) is 2.30. The molecule has 0 aliphatic carbocycles. The molecule has 1 aromatic heterocycles. The van der Waals surface area contributed by atoms with Crippen LogP contribution in [0.25, 0.3) is 0 Å². The lowest BCUT2D eigenvalue weighted by atomic mass is 10.1. The Hall–Kier alpha value is -1.29. The van der Waals surface area contributed by atoms with Crippen molar-refractivity contribution in [1.82, 2.24) is 10.3 Å². The zero-order chi connectivity index (χ0) is 14.7. The van der Waals surface area contributed by atoms with Crippen LogP contribution in [0.15, 0.2) is 36.4 Å². The quantitative estimate of drug-likeness (QED) is 0.840. The second-order valence-electron chi connectivity index (χ2n) is 4.25. The van der Waals surface area contributed by atoms with E-state index in [1.165, 1.54) is 12.1 Å². The van der Waals surface area contributed by atoms with Gasteiger partial charge in [-0.3, -0.25) is 4.79 Å². The molecule has 1 unspecified atom stereocenters. The summed E-state index contributed by atoms with van der Waals surface area (Å²) in [5, 5.41) is 3.88. The van der Waals surface area contributed by atoms with Crippen molar-refractivity contribution in [3.05, 3.63) is 62.9 Å². The van der Waals surface area contributed by atoms with E-state index in [1.54, 1.807) is 12.1 Å². The van der Waals surface area contributed by atoms with Gasteiger partial charge in [0, 0.05) is 10.6 Å². The Kier molecular flexibility index (Phi) is 4.86. The van der Waals surface area contributed by atoms with Gasteiger partial charge in [-0.2, -0.15) is 0 Å². The van der Waals surface area contributed by atoms with Crippen LogP contribution in [-0.2, 0) is 0 Å². The first kappa shape index (κ1) is 15.1. The monoisotopic (exact) mass is 328 g/mol. The SMILES string of the molecule is CC(NC(=O)c1cc(Cl)nc(Cl)c1)c1ccc(Cl)cc1. The van der Waals surface area contributed by atoms with E-state index in [2.05, 4.69) is 10.3 Å². The van der Waals surface area contributed by atoms with Crippen molar-refractivity contribution >= 4 is 40.7 Å². The van der Waals surface area contributed by atoms with Crippen LogP contribution in [0.3, 0.4) is 0 Å². The summed E-state index contributed by atoms with van der Waals surface area (Å²) >= 11 is 17.4. The molecule has 1 heterocycles. The molecular formula is C14H11Cl3N2O. The Morgan fingerprint density at radius 2 is 1.65 bits per heavy atom. The highest BCUT2D eigenvalue weighted by Gasteiger charge is 2.13. The number of carbonyl (C=O) groups is 1.